The summed E-state index contributed by atoms with van der Waals surface area (Å²) in [5.74, 6) is 0. The number of halogens is 1. The topological polar surface area (TPSA) is 115 Å². The third-order valence-electron chi connectivity index (χ3n) is 2.60. The zero-order valence-electron chi connectivity index (χ0n) is 10.5. The number of nitro benzene ring substituents is 1. The van der Waals surface area contributed by atoms with Gasteiger partial charge in [0, 0.05) is 6.07 Å². The van der Waals surface area contributed by atoms with Crippen LogP contribution < -0.4 is 10.5 Å². The molecule has 0 bridgehead atoms. The number of nitrogens with one attached hydrogen (secondary N) is 1. The average Bonchev–Trinajstić information content (AvgIpc) is 2.40. The first-order chi connectivity index (χ1) is 9.81. The molecule has 2 aromatic rings. The number of nitrogens with zero attached hydrogens (tertiary/aromatic N) is 1. The van der Waals surface area contributed by atoms with Crippen LogP contribution in [-0.2, 0) is 10.0 Å². The van der Waals surface area contributed by atoms with Crippen molar-refractivity contribution in [2.24, 2.45) is 0 Å². The van der Waals surface area contributed by atoms with E-state index in [-0.39, 0.29) is 26.4 Å². The Morgan fingerprint density at radius 3 is 2.48 bits per heavy atom. The van der Waals surface area contributed by atoms with Crippen LogP contribution in [0.15, 0.2) is 51.8 Å². The largest absolute Gasteiger partial charge is 0.398 e. The minimum Gasteiger partial charge on any atom is -0.398 e. The molecule has 9 heteroatoms. The fourth-order valence-corrected chi connectivity index (χ4v) is 3.23. The molecule has 7 nitrogen and oxygen atoms in total. The molecular weight excluding hydrogens is 362 g/mol. The molecule has 2 rings (SSSR count). The van der Waals surface area contributed by atoms with Gasteiger partial charge in [0.2, 0.25) is 0 Å². The summed E-state index contributed by atoms with van der Waals surface area (Å²) >= 11 is 3.03. The van der Waals surface area contributed by atoms with E-state index in [1.54, 1.807) is 6.07 Å². The molecule has 0 aromatic heterocycles. The Morgan fingerprint density at radius 1 is 1.19 bits per heavy atom. The summed E-state index contributed by atoms with van der Waals surface area (Å²) < 4.78 is 27.0. The van der Waals surface area contributed by atoms with E-state index in [1.807, 2.05) is 0 Å². The van der Waals surface area contributed by atoms with Gasteiger partial charge in [0.05, 0.1) is 20.8 Å². The first kappa shape index (κ1) is 15.3. The summed E-state index contributed by atoms with van der Waals surface area (Å²) in [7, 11) is -3.91. The Morgan fingerprint density at radius 2 is 1.86 bits per heavy atom. The maximum absolute atomic E-state index is 12.2. The van der Waals surface area contributed by atoms with Gasteiger partial charge in [-0.1, -0.05) is 12.1 Å². The van der Waals surface area contributed by atoms with Gasteiger partial charge in [-0.25, -0.2) is 8.42 Å². The molecule has 0 aliphatic heterocycles. The minimum atomic E-state index is -3.91. The number of rotatable bonds is 4. The highest BCUT2D eigenvalue weighted by molar-refractivity contribution is 9.10. The van der Waals surface area contributed by atoms with Gasteiger partial charge in [-0.15, -0.1) is 0 Å². The summed E-state index contributed by atoms with van der Waals surface area (Å²) in [6, 6.07) is 9.89. The number of nitrogen functional groups attached to an aromatic ring is 1. The van der Waals surface area contributed by atoms with E-state index in [2.05, 4.69) is 20.7 Å². The molecule has 110 valence electrons. The highest BCUT2D eigenvalue weighted by atomic mass is 79.9. The van der Waals surface area contributed by atoms with E-state index in [4.69, 9.17) is 5.73 Å². The third kappa shape index (κ3) is 3.31. The summed E-state index contributed by atoms with van der Waals surface area (Å²) in [5, 5.41) is 10.8. The van der Waals surface area contributed by atoms with Crippen molar-refractivity contribution in [3.63, 3.8) is 0 Å². The zero-order valence-corrected chi connectivity index (χ0v) is 12.9. The van der Waals surface area contributed by atoms with Gasteiger partial charge < -0.3 is 5.73 Å². The molecule has 3 N–H and O–H groups in total. The molecular formula is C12H10BrN3O4S. The normalized spacial score (nSPS) is 11.1. The molecule has 0 aliphatic rings. The van der Waals surface area contributed by atoms with Crippen LogP contribution in [-0.4, -0.2) is 13.3 Å². The van der Waals surface area contributed by atoms with Crippen LogP contribution in [0.5, 0.6) is 0 Å². The van der Waals surface area contributed by atoms with Crippen LogP contribution in [0.4, 0.5) is 17.1 Å². The molecule has 0 radical (unpaired) electrons. The quantitative estimate of drug-likeness (QED) is 0.486. The van der Waals surface area contributed by atoms with E-state index < -0.39 is 14.9 Å². The molecule has 0 unspecified atom stereocenters. The molecule has 0 atom stereocenters. The predicted octanol–water partition coefficient (Wildman–Crippen LogP) is 2.74. The van der Waals surface area contributed by atoms with Crippen LogP contribution in [0.1, 0.15) is 0 Å². The molecule has 0 fully saturated rings. The molecule has 0 amide bonds. The lowest BCUT2D eigenvalue weighted by atomic mass is 10.3. The standard InChI is InChI=1S/C12H10BrN3O4S/c13-9-6-5-8(7-11(9)16(17)18)15-21(19,20)12-4-2-1-3-10(12)14/h1-7,15H,14H2. The van der Waals surface area contributed by atoms with Crippen molar-refractivity contribution in [1.29, 1.82) is 0 Å². The van der Waals surface area contributed by atoms with E-state index in [1.165, 1.54) is 30.3 Å². The van der Waals surface area contributed by atoms with Crippen molar-refractivity contribution < 1.29 is 13.3 Å². The molecule has 0 spiro atoms. The van der Waals surface area contributed by atoms with Crippen LogP contribution in [0, 0.1) is 10.1 Å². The minimum absolute atomic E-state index is 0.0770. The van der Waals surface area contributed by atoms with Crippen molar-refractivity contribution in [2.75, 3.05) is 10.5 Å². The first-order valence-corrected chi connectivity index (χ1v) is 7.90. The Balaban J connectivity index is 2.40. The second kappa shape index (κ2) is 5.70. The molecule has 0 saturated heterocycles. The number of nitrogens with two attached hydrogens (primary N) is 1. The fourth-order valence-electron chi connectivity index (χ4n) is 1.65. The number of para-hydroxylation sites is 1. The van der Waals surface area contributed by atoms with Crippen LogP contribution in [0.25, 0.3) is 0 Å². The van der Waals surface area contributed by atoms with Crippen LogP contribution in [0.3, 0.4) is 0 Å². The Kier molecular flexibility index (Phi) is 4.14. The van der Waals surface area contributed by atoms with Crippen molar-refractivity contribution in [2.45, 2.75) is 4.90 Å². The fraction of sp³-hybridized carbons (Fsp3) is 0. The molecule has 21 heavy (non-hydrogen) atoms. The Labute approximate surface area is 129 Å². The van der Waals surface area contributed by atoms with E-state index in [9.17, 15) is 18.5 Å². The second-order valence-corrected chi connectivity index (χ2v) is 6.57. The molecule has 0 saturated carbocycles. The van der Waals surface area contributed by atoms with E-state index >= 15 is 0 Å². The SMILES string of the molecule is Nc1ccccc1S(=O)(=O)Nc1ccc(Br)c([N+](=O)[O-])c1. The van der Waals surface area contributed by atoms with Crippen molar-refractivity contribution in [3.05, 3.63) is 57.1 Å². The number of benzene rings is 2. The summed E-state index contributed by atoms with van der Waals surface area (Å²) in [5.41, 5.74) is 5.56. The third-order valence-corrected chi connectivity index (χ3v) is 4.73. The van der Waals surface area contributed by atoms with Gasteiger partial charge in [-0.2, -0.15) is 0 Å². The van der Waals surface area contributed by atoms with Gasteiger partial charge in [0.15, 0.2) is 0 Å². The lowest BCUT2D eigenvalue weighted by Gasteiger charge is -2.10. The Bertz CT molecular complexity index is 808. The van der Waals surface area contributed by atoms with Gasteiger partial charge in [-0.05, 0) is 40.2 Å². The van der Waals surface area contributed by atoms with Crippen molar-refractivity contribution in [1.82, 2.24) is 0 Å². The Hall–Kier alpha value is -2.13. The van der Waals surface area contributed by atoms with Gasteiger partial charge in [0.1, 0.15) is 4.90 Å². The van der Waals surface area contributed by atoms with Crippen LogP contribution >= 0.6 is 15.9 Å². The molecule has 2 aromatic carbocycles. The summed E-state index contributed by atoms with van der Waals surface area (Å²) in [6.45, 7) is 0. The zero-order chi connectivity index (χ0) is 15.6. The first-order valence-electron chi connectivity index (χ1n) is 5.62. The maximum atomic E-state index is 12.2. The number of hydrogen-bond donors (Lipinski definition) is 2. The van der Waals surface area contributed by atoms with Gasteiger partial charge in [-0.3, -0.25) is 14.8 Å². The highest BCUT2D eigenvalue weighted by Gasteiger charge is 2.19. The van der Waals surface area contributed by atoms with Crippen molar-refractivity contribution >= 4 is 43.0 Å². The van der Waals surface area contributed by atoms with E-state index in [0.717, 1.165) is 6.07 Å². The predicted molar refractivity (Wildman–Crippen MR) is 82.5 cm³/mol. The monoisotopic (exact) mass is 371 g/mol. The molecule has 0 aliphatic carbocycles. The van der Waals surface area contributed by atoms with Crippen molar-refractivity contribution in [3.8, 4) is 0 Å². The van der Waals surface area contributed by atoms with E-state index in [0.29, 0.717) is 0 Å². The van der Waals surface area contributed by atoms with Gasteiger partial charge >= 0.3 is 0 Å². The lowest BCUT2D eigenvalue weighted by molar-refractivity contribution is -0.385. The lowest BCUT2D eigenvalue weighted by Crippen LogP contribution is -2.14. The number of anilines is 2. The average molecular weight is 372 g/mol. The smallest absolute Gasteiger partial charge is 0.285 e. The number of nitro groups is 1. The highest BCUT2D eigenvalue weighted by Crippen LogP contribution is 2.29. The van der Waals surface area contributed by atoms with Gasteiger partial charge in [0.25, 0.3) is 15.7 Å². The summed E-state index contributed by atoms with van der Waals surface area (Å²) in [4.78, 5) is 10.1. The summed E-state index contributed by atoms with van der Waals surface area (Å²) in [6.07, 6.45) is 0. The maximum Gasteiger partial charge on any atom is 0.285 e. The number of hydrogen-bond acceptors (Lipinski definition) is 5. The second-order valence-electron chi connectivity index (χ2n) is 4.07. The molecule has 0 heterocycles. The number of sulfonamides is 1. The van der Waals surface area contributed by atoms with Crippen LogP contribution in [0.2, 0.25) is 0 Å².